The summed E-state index contributed by atoms with van der Waals surface area (Å²) in [6.45, 7) is 10.2. The molecule has 1 aliphatic heterocycles. The molecular formula is C39H52F3N3O3S. The maximum atomic E-state index is 14.0. The molecule has 0 bridgehead atoms. The lowest BCUT2D eigenvalue weighted by Gasteiger charge is -2.31. The van der Waals surface area contributed by atoms with Crippen LogP contribution in [0.5, 0.6) is 0 Å². The zero-order valence-electron chi connectivity index (χ0n) is 29.3. The van der Waals surface area contributed by atoms with Crippen molar-refractivity contribution >= 4 is 34.3 Å². The quantitative estimate of drug-likeness (QED) is 0.157. The molecule has 3 aromatic carbocycles. The molecule has 4 rings (SSSR count). The molecule has 0 aliphatic carbocycles. The fraction of sp³-hybridized carbons (Fsp3) is 0.538. The number of aliphatic hydroxyl groups excluding tert-OH is 1. The lowest BCUT2D eigenvalue weighted by Crippen LogP contribution is -2.54. The standard InChI is InChI=1S/C39H52F3N3O3S/c1-26(2)35(44-36(47)30(25-49-38(3,4)5)22-29-17-11-16-28-15-9-10-18-33(28)29)37(48)43-31(21-27-13-7-6-8-14-27)23-32(46)24-45-20-12-19-34(45)39(40,41)42/h6-11,13-18,26,30-32,34-35,46H,12,19-25H2,1-5H3,(H,43,48)(H,44,47)/t30-,31+,32?,34?,35+/m1/s1. The van der Waals surface area contributed by atoms with Crippen LogP contribution in [0.4, 0.5) is 13.2 Å². The maximum Gasteiger partial charge on any atom is 0.404 e. The number of halogens is 3. The highest BCUT2D eigenvalue weighted by Gasteiger charge is 2.46. The number of nitrogens with one attached hydrogen (secondary N) is 2. The highest BCUT2D eigenvalue weighted by molar-refractivity contribution is 8.00. The fourth-order valence-corrected chi connectivity index (χ4v) is 7.56. The Balaban J connectivity index is 1.50. The summed E-state index contributed by atoms with van der Waals surface area (Å²) >= 11 is 1.71. The summed E-state index contributed by atoms with van der Waals surface area (Å²) in [4.78, 5) is 29.3. The second-order valence-corrected chi connectivity index (χ2v) is 16.5. The first-order valence-electron chi connectivity index (χ1n) is 17.3. The van der Waals surface area contributed by atoms with Gasteiger partial charge in [-0.05, 0) is 66.5 Å². The van der Waals surface area contributed by atoms with E-state index in [0.717, 1.165) is 21.9 Å². The van der Waals surface area contributed by atoms with E-state index >= 15 is 0 Å². The third-order valence-corrected chi connectivity index (χ3v) is 10.5. The molecule has 1 fully saturated rings. The lowest BCUT2D eigenvalue weighted by molar-refractivity contribution is -0.178. The fourth-order valence-electron chi connectivity index (χ4n) is 6.59. The summed E-state index contributed by atoms with van der Waals surface area (Å²) in [6.07, 6.45) is -4.01. The minimum absolute atomic E-state index is 0.0198. The number of hydrogen-bond acceptors (Lipinski definition) is 5. The normalized spacial score (nSPS) is 18.3. The molecule has 2 amide bonds. The number of thioether (sulfide) groups is 1. The third-order valence-electron chi connectivity index (χ3n) is 9.10. The van der Waals surface area contributed by atoms with E-state index in [2.05, 4.69) is 55.7 Å². The van der Waals surface area contributed by atoms with Crippen LogP contribution in [-0.4, -0.2) is 75.8 Å². The molecule has 5 atom stereocenters. The van der Waals surface area contributed by atoms with E-state index in [0.29, 0.717) is 25.0 Å². The van der Waals surface area contributed by atoms with Gasteiger partial charge < -0.3 is 15.7 Å². The number of carbonyl (C=O) groups excluding carboxylic acids is 2. The molecule has 2 unspecified atom stereocenters. The molecule has 0 saturated carbocycles. The van der Waals surface area contributed by atoms with Crippen LogP contribution in [0.3, 0.4) is 0 Å². The zero-order valence-corrected chi connectivity index (χ0v) is 30.1. The number of benzene rings is 3. The smallest absolute Gasteiger partial charge is 0.392 e. The maximum absolute atomic E-state index is 14.0. The Kier molecular flexibility index (Phi) is 13.6. The molecule has 3 N–H and O–H groups in total. The highest BCUT2D eigenvalue weighted by atomic mass is 32.2. The average Bonchev–Trinajstić information content (AvgIpc) is 3.50. The Morgan fingerprint density at radius 1 is 0.918 bits per heavy atom. The van der Waals surface area contributed by atoms with Crippen molar-refractivity contribution in [1.82, 2.24) is 15.5 Å². The summed E-state index contributed by atoms with van der Waals surface area (Å²) < 4.78 is 40.7. The molecule has 6 nitrogen and oxygen atoms in total. The van der Waals surface area contributed by atoms with Crippen LogP contribution in [0.15, 0.2) is 72.8 Å². The largest absolute Gasteiger partial charge is 0.404 e. The molecule has 1 aliphatic rings. The van der Waals surface area contributed by atoms with Crippen molar-refractivity contribution in [3.63, 3.8) is 0 Å². The van der Waals surface area contributed by atoms with Crippen molar-refractivity contribution < 1.29 is 27.9 Å². The van der Waals surface area contributed by atoms with Gasteiger partial charge in [0.05, 0.1) is 12.0 Å². The summed E-state index contributed by atoms with van der Waals surface area (Å²) in [5, 5.41) is 19.4. The Morgan fingerprint density at radius 2 is 1.59 bits per heavy atom. The van der Waals surface area contributed by atoms with Gasteiger partial charge in [-0.2, -0.15) is 24.9 Å². The first-order valence-corrected chi connectivity index (χ1v) is 18.3. The predicted molar refractivity (Wildman–Crippen MR) is 193 cm³/mol. The van der Waals surface area contributed by atoms with Gasteiger partial charge >= 0.3 is 6.18 Å². The molecule has 0 spiro atoms. The number of hydrogen-bond donors (Lipinski definition) is 3. The summed E-state index contributed by atoms with van der Waals surface area (Å²) in [5.41, 5.74) is 2.00. The number of β-amino-alcohol motifs (C(OH)–C–C–N with tert-alkyl or cyclic N) is 1. The summed E-state index contributed by atoms with van der Waals surface area (Å²) in [5.74, 6) is -0.642. The van der Waals surface area contributed by atoms with Crippen molar-refractivity contribution in [3.05, 3.63) is 83.9 Å². The van der Waals surface area contributed by atoms with Crippen LogP contribution in [-0.2, 0) is 22.4 Å². The van der Waals surface area contributed by atoms with Crippen LogP contribution in [0.25, 0.3) is 10.8 Å². The van der Waals surface area contributed by atoms with Crippen LogP contribution in [0, 0.1) is 11.8 Å². The van der Waals surface area contributed by atoms with E-state index in [4.69, 9.17) is 0 Å². The minimum Gasteiger partial charge on any atom is -0.392 e. The van der Waals surface area contributed by atoms with Gasteiger partial charge in [0.1, 0.15) is 12.1 Å². The van der Waals surface area contributed by atoms with Crippen LogP contribution in [0.1, 0.15) is 65.0 Å². The molecule has 268 valence electrons. The number of rotatable bonds is 15. The van der Waals surface area contributed by atoms with Crippen molar-refractivity contribution in [1.29, 1.82) is 0 Å². The van der Waals surface area contributed by atoms with Gasteiger partial charge in [-0.25, -0.2) is 0 Å². The molecule has 1 saturated heterocycles. The predicted octanol–water partition coefficient (Wildman–Crippen LogP) is 7.18. The highest BCUT2D eigenvalue weighted by Crippen LogP contribution is 2.33. The number of nitrogens with zero attached hydrogens (tertiary/aromatic N) is 1. The van der Waals surface area contributed by atoms with Crippen molar-refractivity contribution in [2.75, 3.05) is 18.8 Å². The van der Waals surface area contributed by atoms with E-state index in [1.807, 2.05) is 62.4 Å². The van der Waals surface area contributed by atoms with Gasteiger partial charge in [0.15, 0.2) is 0 Å². The van der Waals surface area contributed by atoms with E-state index in [1.54, 1.807) is 11.8 Å². The van der Waals surface area contributed by atoms with Gasteiger partial charge in [0, 0.05) is 23.1 Å². The topological polar surface area (TPSA) is 81.7 Å². The first-order chi connectivity index (χ1) is 23.1. The molecular weight excluding hydrogens is 648 g/mol. The monoisotopic (exact) mass is 699 g/mol. The summed E-state index contributed by atoms with van der Waals surface area (Å²) in [6, 6.07) is 20.7. The van der Waals surface area contributed by atoms with Crippen LogP contribution in [0.2, 0.25) is 0 Å². The zero-order chi connectivity index (χ0) is 35.8. The van der Waals surface area contributed by atoms with Gasteiger partial charge in [-0.3, -0.25) is 14.5 Å². The van der Waals surface area contributed by atoms with E-state index < -0.39 is 36.3 Å². The second-order valence-electron chi connectivity index (χ2n) is 14.7. The average molecular weight is 700 g/mol. The molecule has 0 aromatic heterocycles. The number of alkyl halides is 3. The van der Waals surface area contributed by atoms with Crippen molar-refractivity contribution in [3.8, 4) is 0 Å². The number of fused-ring (bicyclic) bond motifs is 1. The van der Waals surface area contributed by atoms with Crippen LogP contribution < -0.4 is 10.6 Å². The van der Waals surface area contributed by atoms with Gasteiger partial charge in [0.2, 0.25) is 11.8 Å². The van der Waals surface area contributed by atoms with Crippen LogP contribution >= 0.6 is 11.8 Å². The lowest BCUT2D eigenvalue weighted by atomic mass is 9.94. The number of likely N-dealkylation sites (tertiary alicyclic amines) is 1. The van der Waals surface area contributed by atoms with E-state index in [-0.39, 0.29) is 48.4 Å². The Bertz CT molecular complexity index is 1510. The third kappa shape index (κ3) is 11.7. The summed E-state index contributed by atoms with van der Waals surface area (Å²) in [7, 11) is 0. The van der Waals surface area contributed by atoms with E-state index in [9.17, 15) is 27.9 Å². The second kappa shape index (κ2) is 17.2. The molecule has 0 radical (unpaired) electrons. The van der Waals surface area contributed by atoms with E-state index in [1.165, 1.54) is 4.90 Å². The number of carbonyl (C=O) groups is 2. The van der Waals surface area contributed by atoms with Gasteiger partial charge in [-0.1, -0.05) is 107 Å². The number of amides is 2. The minimum atomic E-state index is -4.35. The molecule has 10 heteroatoms. The van der Waals surface area contributed by atoms with Crippen molar-refractivity contribution in [2.45, 2.75) is 102 Å². The molecule has 49 heavy (non-hydrogen) atoms. The SMILES string of the molecule is CC(C)[C@H](NC(=O)[C@@H](CSC(C)(C)C)Cc1cccc2ccccc12)C(=O)N[C@@H](Cc1ccccc1)CC(O)CN1CCCC1C(F)(F)F. The van der Waals surface area contributed by atoms with Gasteiger partial charge in [-0.15, -0.1) is 0 Å². The first kappa shape index (κ1) is 38.7. The molecule has 3 aromatic rings. The Morgan fingerprint density at radius 3 is 2.27 bits per heavy atom. The van der Waals surface area contributed by atoms with Gasteiger partial charge in [0.25, 0.3) is 0 Å². The number of aliphatic hydroxyl groups is 1. The molecule has 1 heterocycles. The Hall–Kier alpha value is -3.08. The van der Waals surface area contributed by atoms with Crippen molar-refractivity contribution in [2.24, 2.45) is 11.8 Å². The Labute approximate surface area is 293 Å².